The number of phosphoric ester groups is 6. The van der Waals surface area contributed by atoms with E-state index in [9.17, 15) is 86.1 Å². The second kappa shape index (κ2) is 45.1. The van der Waals surface area contributed by atoms with Gasteiger partial charge in [0.15, 0.2) is 0 Å². The van der Waals surface area contributed by atoms with E-state index in [0.29, 0.717) is 0 Å². The molecule has 1 fully saturated rings. The fourth-order valence-electron chi connectivity index (χ4n) is 2.74. The van der Waals surface area contributed by atoms with Crippen LogP contribution in [-0.4, -0.2) is 42.1 Å². The molecule has 1 aliphatic rings. The van der Waals surface area contributed by atoms with Gasteiger partial charge in [-0.05, 0) is 0 Å². The van der Waals surface area contributed by atoms with E-state index in [1.54, 1.807) is 0 Å². The quantitative estimate of drug-likeness (QED) is 0.129. The third kappa shape index (κ3) is 51.8. The summed E-state index contributed by atoms with van der Waals surface area (Å²) in [5.74, 6) is 0. The van der Waals surface area contributed by atoms with Crippen LogP contribution >= 0.6 is 46.9 Å². The smallest absolute Gasteiger partial charge is 0.790 e. The third-order valence-electron chi connectivity index (χ3n) is 3.45. The fourth-order valence-corrected chi connectivity index (χ4v) is 5.96. The van der Waals surface area contributed by atoms with E-state index < -0.39 is 83.6 Å². The van der Waals surface area contributed by atoms with Gasteiger partial charge in [-0.3, -0.25) is 0 Å². The number of hydrogen-bond acceptors (Lipinski definition) is 24. The van der Waals surface area contributed by atoms with Crippen molar-refractivity contribution in [2.45, 2.75) is 51.5 Å². The number of phosphoric acid groups is 6. The molecular formula is C8H16Na12O25P6. The van der Waals surface area contributed by atoms with Gasteiger partial charge in [0, 0.05) is 0 Å². The molecule has 0 saturated heterocycles. The SMILES string of the molecule is C.C.O.O=P([O-])([O-])OC1C(OP(=O)([O-])[O-])C(OP(=O)([O-])[O-])C(OP(=O)([O-])[O-])C(OP(=O)([O-])[O-])C1OP(=O)([O-])[O-].[Na+].[Na+].[Na+].[Na+].[Na+].[Na+].[Na+].[Na+].[Na+].[Na+].[Na+].[Na+]. The minimum absolute atomic E-state index is 0. The molecule has 25 nitrogen and oxygen atoms in total. The Morgan fingerprint density at radius 2 is 0.314 bits per heavy atom. The minimum atomic E-state index is -6.68. The molecule has 0 amide bonds. The molecule has 1 aliphatic carbocycles. The Hall–Kier alpha value is 12.6. The van der Waals surface area contributed by atoms with Crippen LogP contribution in [0.3, 0.4) is 0 Å². The minimum Gasteiger partial charge on any atom is -0.790 e. The van der Waals surface area contributed by atoms with Crippen molar-refractivity contribution in [2.75, 3.05) is 0 Å². The molecule has 0 spiro atoms. The molecule has 0 bridgehead atoms. The zero-order valence-corrected chi connectivity index (χ0v) is 57.8. The van der Waals surface area contributed by atoms with Crippen molar-refractivity contribution < 1.29 is 473 Å². The van der Waals surface area contributed by atoms with E-state index in [2.05, 4.69) is 27.1 Å². The normalized spacial score (nSPS) is 20.7. The van der Waals surface area contributed by atoms with Crippen LogP contribution in [0.15, 0.2) is 0 Å². The van der Waals surface area contributed by atoms with Gasteiger partial charge in [0.2, 0.25) is 0 Å². The Labute approximate surface area is 558 Å². The van der Waals surface area contributed by atoms with Gasteiger partial charge in [-0.1, -0.05) is 14.9 Å². The Morgan fingerprint density at radius 3 is 0.353 bits per heavy atom. The van der Waals surface area contributed by atoms with Crippen molar-refractivity contribution in [1.29, 1.82) is 0 Å². The second-order valence-electron chi connectivity index (χ2n) is 6.10. The van der Waals surface area contributed by atoms with Crippen LogP contribution in [0.1, 0.15) is 14.9 Å². The maximum atomic E-state index is 11.1. The molecule has 43 heteroatoms. The Bertz CT molecular complexity index is 863. The van der Waals surface area contributed by atoms with Crippen LogP contribution in [-0.2, 0) is 54.5 Å². The molecule has 2 N–H and O–H groups in total. The van der Waals surface area contributed by atoms with Crippen molar-refractivity contribution in [3.8, 4) is 0 Å². The fraction of sp³-hybridized carbons (Fsp3) is 1.00. The summed E-state index contributed by atoms with van der Waals surface area (Å²) in [6.45, 7) is 0. The number of hydrogen-bond donors (Lipinski definition) is 0. The predicted octanol–water partition coefficient (Wildman–Crippen LogP) is -46.2. The van der Waals surface area contributed by atoms with Crippen LogP contribution in [0.2, 0.25) is 0 Å². The van der Waals surface area contributed by atoms with E-state index in [1.165, 1.54) is 0 Å². The van der Waals surface area contributed by atoms with Gasteiger partial charge in [-0.15, -0.1) is 0 Å². The molecular weight excluding hydrogens is 958 g/mol. The summed E-state index contributed by atoms with van der Waals surface area (Å²) < 4.78 is 88.3. The molecule has 0 aromatic heterocycles. The summed E-state index contributed by atoms with van der Waals surface area (Å²) in [6, 6.07) is 0. The largest absolute Gasteiger partial charge is 1.00 e. The van der Waals surface area contributed by atoms with Crippen LogP contribution < -0.4 is 413 Å². The standard InChI is InChI=1S/C6H18O24P6.2CH4.12Na.H2O/c7-31(8,9)25-1-2(26-32(10,11)12)4(28-34(16,17)18)6(30-36(22,23)24)5(29-35(19,20)21)3(1)27-33(13,14)15;;;;;;;;;;;;;;;/h1-6H,(H2,7,8,9)(H2,10,11,12)(H2,13,14,15)(H2,16,17,18)(H2,19,20,21)(H2,22,23,24);2*1H4;;;;;;;;;;;;;1H2/q;;;12*+1;/p-12. The van der Waals surface area contributed by atoms with Gasteiger partial charge in [-0.25, -0.2) is 0 Å². The van der Waals surface area contributed by atoms with Gasteiger partial charge in [-0.2, -0.15) is 0 Å². The Balaban J connectivity index is -0.0000000665. The summed E-state index contributed by atoms with van der Waals surface area (Å²) in [5, 5.41) is 0. The first-order chi connectivity index (χ1) is 15.6. The zero-order chi connectivity index (χ0) is 28.7. The molecule has 0 aromatic rings. The first-order valence-electron chi connectivity index (χ1n) is 7.80. The average molecular weight is 974 g/mol. The van der Waals surface area contributed by atoms with E-state index in [4.69, 9.17) is 0 Å². The van der Waals surface area contributed by atoms with Crippen LogP contribution in [0.25, 0.3) is 0 Å². The molecule has 0 radical (unpaired) electrons. The molecule has 51 heavy (non-hydrogen) atoms. The van der Waals surface area contributed by atoms with E-state index in [-0.39, 0.29) is 375 Å². The van der Waals surface area contributed by atoms with Gasteiger partial charge < -0.3 is 119 Å². The maximum absolute atomic E-state index is 11.1. The number of rotatable bonds is 12. The monoisotopic (exact) mass is 974 g/mol. The molecule has 1 saturated carbocycles. The van der Waals surface area contributed by atoms with Gasteiger partial charge in [0.25, 0.3) is 0 Å². The maximum Gasteiger partial charge on any atom is 1.00 e. The van der Waals surface area contributed by atoms with E-state index in [0.717, 1.165) is 0 Å². The van der Waals surface area contributed by atoms with Crippen LogP contribution in [0.5, 0.6) is 0 Å². The van der Waals surface area contributed by atoms with Crippen molar-refractivity contribution in [3.05, 3.63) is 0 Å². The van der Waals surface area contributed by atoms with Crippen LogP contribution in [0.4, 0.5) is 0 Å². The van der Waals surface area contributed by atoms with Crippen molar-refractivity contribution in [3.63, 3.8) is 0 Å². The first kappa shape index (κ1) is 106. The summed E-state index contributed by atoms with van der Waals surface area (Å²) in [4.78, 5) is 133. The summed E-state index contributed by atoms with van der Waals surface area (Å²) in [6.07, 6.45) is -21.5. The molecule has 0 aliphatic heterocycles. The Kier molecular flexibility index (Phi) is 93.3. The van der Waals surface area contributed by atoms with Gasteiger partial charge >= 0.3 is 355 Å². The average Bonchev–Trinajstić information content (AvgIpc) is 2.51. The van der Waals surface area contributed by atoms with Crippen molar-refractivity contribution in [2.24, 2.45) is 0 Å². The summed E-state index contributed by atoms with van der Waals surface area (Å²) in [5.41, 5.74) is 0. The zero-order valence-electron chi connectivity index (χ0n) is 28.4. The molecule has 1 rings (SSSR count). The Morgan fingerprint density at radius 1 is 0.255 bits per heavy atom. The summed E-state index contributed by atoms with van der Waals surface area (Å²) in [7, 11) is -40.1. The van der Waals surface area contributed by atoms with E-state index in [1.807, 2.05) is 0 Å². The van der Waals surface area contributed by atoms with Crippen molar-refractivity contribution in [1.82, 2.24) is 0 Å². The molecule has 0 heterocycles. The molecule has 240 valence electrons. The van der Waals surface area contributed by atoms with Crippen molar-refractivity contribution >= 4 is 46.9 Å². The molecule has 0 unspecified atom stereocenters. The molecule has 0 aromatic carbocycles. The summed E-state index contributed by atoms with van der Waals surface area (Å²) >= 11 is 0. The predicted molar refractivity (Wildman–Crippen MR) is 92.0 cm³/mol. The van der Waals surface area contributed by atoms with Crippen LogP contribution in [0, 0.1) is 0 Å². The molecule has 0 atom stereocenters. The topological polar surface area (TPSA) is 466 Å². The van der Waals surface area contributed by atoms with E-state index >= 15 is 0 Å². The first-order valence-corrected chi connectivity index (χ1v) is 16.6. The third-order valence-corrected chi connectivity index (χ3v) is 6.46. The van der Waals surface area contributed by atoms with Gasteiger partial charge in [0.05, 0.1) is 46.9 Å². The second-order valence-corrected chi connectivity index (χ2v) is 12.7. The van der Waals surface area contributed by atoms with Gasteiger partial charge in [0.1, 0.15) is 36.6 Å².